The fourth-order valence-electron chi connectivity index (χ4n) is 10.8. The Balaban J connectivity index is 1.65. The molecule has 4 aromatic rings. The van der Waals surface area contributed by atoms with E-state index in [2.05, 4.69) is 61.6 Å². The van der Waals surface area contributed by atoms with Crippen molar-refractivity contribution in [3.63, 3.8) is 0 Å². The van der Waals surface area contributed by atoms with E-state index in [9.17, 15) is 19.2 Å². The lowest BCUT2D eigenvalue weighted by molar-refractivity contribution is -0.141. The number of anilines is 1. The Bertz CT molecular complexity index is 2790. The van der Waals surface area contributed by atoms with Crippen molar-refractivity contribution in [2.24, 2.45) is 5.73 Å². The lowest BCUT2D eigenvalue weighted by atomic mass is 9.49. The summed E-state index contributed by atoms with van der Waals surface area (Å²) in [5, 5.41) is 0. The lowest BCUT2D eigenvalue weighted by Gasteiger charge is -2.58. The van der Waals surface area contributed by atoms with Crippen LogP contribution in [0.15, 0.2) is 42.0 Å². The van der Waals surface area contributed by atoms with Crippen LogP contribution >= 0.6 is 0 Å². The van der Waals surface area contributed by atoms with Crippen LogP contribution in [0.25, 0.3) is 39.3 Å². The van der Waals surface area contributed by atoms with Crippen LogP contribution < -0.4 is 10.6 Å². The summed E-state index contributed by atoms with van der Waals surface area (Å²) >= 11 is 0. The average Bonchev–Trinajstić information content (AvgIpc) is 3.90. The van der Waals surface area contributed by atoms with E-state index in [1.807, 2.05) is 38.2 Å². The van der Waals surface area contributed by atoms with Crippen LogP contribution in [0.3, 0.4) is 0 Å². The summed E-state index contributed by atoms with van der Waals surface area (Å²) < 4.78 is 10.4. The van der Waals surface area contributed by atoms with Gasteiger partial charge in [-0.25, -0.2) is 4.98 Å². The first kappa shape index (κ1) is 40.5. The normalized spacial score (nSPS) is 20.1. The fraction of sp³-hybridized carbons (Fsp3) is 0.375. The van der Waals surface area contributed by atoms with Gasteiger partial charge in [0.2, 0.25) is 5.91 Å². The zero-order valence-electron chi connectivity index (χ0n) is 35.8. The van der Waals surface area contributed by atoms with E-state index in [1.54, 1.807) is 6.07 Å². The van der Waals surface area contributed by atoms with E-state index in [1.165, 1.54) is 19.8 Å². The molecular formula is C48H52N6O6. The number of H-pyrrole nitrogens is 2. The summed E-state index contributed by atoms with van der Waals surface area (Å²) in [5.41, 5.74) is 19.9. The number of allylic oxidation sites excluding steroid dienone is 2. The van der Waals surface area contributed by atoms with Crippen LogP contribution in [-0.4, -0.2) is 71.4 Å². The maximum atomic E-state index is 14.0. The molecule has 8 rings (SSSR count). The molecule has 0 saturated carbocycles. The second-order valence-electron chi connectivity index (χ2n) is 16.6. The first-order valence-electron chi connectivity index (χ1n) is 20.6. The van der Waals surface area contributed by atoms with Gasteiger partial charge in [0.05, 0.1) is 53.9 Å². The Morgan fingerprint density at radius 1 is 0.883 bits per heavy atom. The Morgan fingerprint density at radius 3 is 2.18 bits per heavy atom. The number of nitrogens with two attached hydrogens (primary N) is 1. The van der Waals surface area contributed by atoms with Crippen LogP contribution in [0.2, 0.25) is 0 Å². The number of fused-ring (bicyclic) bond motifs is 11. The number of methoxy groups -OCH3 is 2. The third-order valence-electron chi connectivity index (χ3n) is 13.9. The highest BCUT2D eigenvalue weighted by atomic mass is 16.5. The van der Waals surface area contributed by atoms with Crippen molar-refractivity contribution in [2.75, 3.05) is 26.2 Å². The number of esters is 2. The molecule has 0 saturated heterocycles. The van der Waals surface area contributed by atoms with E-state index in [0.29, 0.717) is 46.6 Å². The summed E-state index contributed by atoms with van der Waals surface area (Å²) in [6.07, 6.45) is 4.92. The van der Waals surface area contributed by atoms with Crippen LogP contribution in [-0.2, 0) is 47.5 Å². The predicted molar refractivity (Wildman–Crippen MR) is 234 cm³/mol. The summed E-state index contributed by atoms with van der Waals surface area (Å²) in [7, 11) is 4.69. The van der Waals surface area contributed by atoms with Crippen LogP contribution in [0.4, 0.5) is 5.69 Å². The van der Waals surface area contributed by atoms with Crippen molar-refractivity contribution in [3.05, 3.63) is 104 Å². The van der Waals surface area contributed by atoms with Crippen molar-refractivity contribution in [1.29, 1.82) is 0 Å². The molecule has 12 heteroatoms. The Kier molecular flexibility index (Phi) is 9.96. The van der Waals surface area contributed by atoms with Gasteiger partial charge in [-0.1, -0.05) is 20.8 Å². The highest BCUT2D eigenvalue weighted by Crippen LogP contribution is 2.65. The second-order valence-corrected chi connectivity index (χ2v) is 16.6. The van der Waals surface area contributed by atoms with Gasteiger partial charge in [-0.05, 0) is 128 Å². The summed E-state index contributed by atoms with van der Waals surface area (Å²) in [6.45, 7) is 12.6. The Morgan fingerprint density at radius 2 is 1.55 bits per heavy atom. The molecule has 1 aromatic carbocycles. The van der Waals surface area contributed by atoms with E-state index in [0.717, 1.165) is 79.6 Å². The summed E-state index contributed by atoms with van der Waals surface area (Å²) in [5.74, 6) is -1.32. The van der Waals surface area contributed by atoms with E-state index in [4.69, 9.17) is 25.2 Å². The number of rotatable bonds is 10. The van der Waals surface area contributed by atoms with Gasteiger partial charge in [0.25, 0.3) is 0 Å². The topological polar surface area (TPSA) is 173 Å². The molecule has 3 aliphatic heterocycles. The number of benzene rings is 1. The number of carbonyl (C=O) groups is 4. The van der Waals surface area contributed by atoms with Crippen LogP contribution in [0.1, 0.15) is 120 Å². The van der Waals surface area contributed by atoms with Gasteiger partial charge in [0, 0.05) is 64.3 Å². The molecule has 1 aliphatic carbocycles. The standard InChI is InChI=1S/C48H52N6O6/c1-10-28-24(3)34-20-35-26(5)30(13-15-41(56)59-8)38(51-35)22-40-48(17-16-42(57)60-9)33-18-27(23-55)12-14-39(33)54(7)45-32(46(49)58)19-31(44(53-40)47(45,48)6)43-29(11-2)25(4)36(52-43)21-37(28)50-34/h12,14,18-23,45,50-51H,10-11,13,15-17H2,1-9H3,(H2,49,58). The quantitative estimate of drug-likeness (QED) is 0.107. The number of aromatic nitrogens is 4. The molecule has 1 amide bonds. The molecule has 3 unspecified atom stereocenters. The minimum atomic E-state index is -1.12. The molecule has 0 fully saturated rings. The minimum absolute atomic E-state index is 0.0113. The fourth-order valence-corrected chi connectivity index (χ4v) is 10.8. The maximum absolute atomic E-state index is 14.0. The first-order valence-corrected chi connectivity index (χ1v) is 20.6. The number of hydrogen-bond acceptors (Lipinski definition) is 9. The lowest BCUT2D eigenvalue weighted by Crippen LogP contribution is -2.64. The number of likely N-dealkylation sites (N-methyl/N-ethyl adjacent to an activating group) is 1. The minimum Gasteiger partial charge on any atom is -0.469 e. The molecule has 0 spiro atoms. The Labute approximate surface area is 349 Å². The highest BCUT2D eigenvalue weighted by molar-refractivity contribution is 6.04. The number of aldehydes is 1. The van der Waals surface area contributed by atoms with E-state index in [-0.39, 0.29) is 25.2 Å². The average molecular weight is 809 g/mol. The SMILES string of the molecule is CCC1=C(C)c2cc3[nH]c(cc4[nH]c(cc5nc6c(c1n2)C=C(C(N)=O)C1N(C)c2ccc(C=O)cc2C5(CCC(=O)OC)C61C)c(CCC(=O)OC)c4C)c(C)c3CC. The van der Waals surface area contributed by atoms with Gasteiger partial charge in [-0.15, -0.1) is 0 Å². The number of nitrogens with one attached hydrogen (secondary N) is 2. The summed E-state index contributed by atoms with van der Waals surface area (Å²) in [6, 6.07) is 11.2. The van der Waals surface area contributed by atoms with Crippen LogP contribution in [0.5, 0.6) is 0 Å². The molecule has 60 heavy (non-hydrogen) atoms. The third-order valence-corrected chi connectivity index (χ3v) is 13.9. The molecule has 4 N–H and O–H groups in total. The van der Waals surface area contributed by atoms with Crippen molar-refractivity contribution in [1.82, 2.24) is 19.9 Å². The molecule has 8 bridgehead atoms. The van der Waals surface area contributed by atoms with Crippen molar-refractivity contribution < 1.29 is 28.7 Å². The van der Waals surface area contributed by atoms with Gasteiger partial charge in [0.1, 0.15) is 6.29 Å². The van der Waals surface area contributed by atoms with Gasteiger partial charge >= 0.3 is 11.9 Å². The molecule has 6 heterocycles. The molecule has 12 nitrogen and oxygen atoms in total. The molecule has 3 atom stereocenters. The maximum Gasteiger partial charge on any atom is 0.305 e. The monoisotopic (exact) mass is 808 g/mol. The molecule has 3 aromatic heterocycles. The van der Waals surface area contributed by atoms with Crippen molar-refractivity contribution in [2.45, 2.75) is 96.9 Å². The zero-order chi connectivity index (χ0) is 43.0. The third kappa shape index (κ3) is 5.70. The predicted octanol–water partition coefficient (Wildman–Crippen LogP) is 7.65. The van der Waals surface area contributed by atoms with Crippen molar-refractivity contribution >= 4 is 69.1 Å². The number of aromatic amines is 2. The van der Waals surface area contributed by atoms with Gasteiger partial charge < -0.3 is 30.1 Å². The number of hydrogen-bond donors (Lipinski definition) is 3. The van der Waals surface area contributed by atoms with Gasteiger partial charge in [-0.3, -0.25) is 24.2 Å². The smallest absolute Gasteiger partial charge is 0.305 e. The number of amides is 1. The van der Waals surface area contributed by atoms with E-state index >= 15 is 0 Å². The van der Waals surface area contributed by atoms with Crippen LogP contribution in [0, 0.1) is 13.8 Å². The highest BCUT2D eigenvalue weighted by Gasteiger charge is 2.67. The zero-order valence-corrected chi connectivity index (χ0v) is 35.8. The summed E-state index contributed by atoms with van der Waals surface area (Å²) in [4.78, 5) is 73.1. The largest absolute Gasteiger partial charge is 0.469 e. The molecule has 0 radical (unpaired) electrons. The number of aryl methyl sites for hydroxylation is 4. The Hall–Kier alpha value is -6.30. The first-order chi connectivity index (χ1) is 28.7. The molecular weight excluding hydrogens is 757 g/mol. The number of carbonyl (C=O) groups excluding carboxylic acids is 4. The van der Waals surface area contributed by atoms with Gasteiger partial charge in [-0.2, -0.15) is 0 Å². The van der Waals surface area contributed by atoms with Crippen molar-refractivity contribution in [3.8, 4) is 0 Å². The molecule has 310 valence electrons. The molecule has 4 aliphatic rings. The number of ether oxygens (including phenoxy) is 2. The second kappa shape index (κ2) is 14.8. The number of nitrogens with zero attached hydrogens (tertiary/aromatic N) is 3. The van der Waals surface area contributed by atoms with Gasteiger partial charge in [0.15, 0.2) is 0 Å². The number of primary amides is 1. The van der Waals surface area contributed by atoms with E-state index < -0.39 is 28.7 Å².